The van der Waals surface area contributed by atoms with E-state index in [-0.39, 0.29) is 0 Å². The summed E-state index contributed by atoms with van der Waals surface area (Å²) in [6, 6.07) is 26.4. The quantitative estimate of drug-likeness (QED) is 0.350. The van der Waals surface area contributed by atoms with E-state index in [2.05, 4.69) is 89.9 Å². The Labute approximate surface area is 165 Å². The fourth-order valence-corrected chi connectivity index (χ4v) is 4.58. The first-order valence-electron chi connectivity index (χ1n) is 9.82. The molecule has 0 saturated heterocycles. The van der Waals surface area contributed by atoms with E-state index in [4.69, 9.17) is 0 Å². The molecule has 2 aliphatic carbocycles. The molecule has 0 aliphatic heterocycles. The molecule has 1 heterocycles. The highest BCUT2D eigenvalue weighted by Crippen LogP contribution is 2.38. The fraction of sp³-hybridized carbons (Fsp3) is 0.0741. The Hall–Kier alpha value is -3.45. The van der Waals surface area contributed by atoms with Gasteiger partial charge < -0.3 is 0 Å². The summed E-state index contributed by atoms with van der Waals surface area (Å²) in [6.07, 6.45) is 8.37. The predicted molar refractivity (Wildman–Crippen MR) is 116 cm³/mol. The van der Waals surface area contributed by atoms with E-state index in [0.717, 1.165) is 18.5 Å². The second kappa shape index (κ2) is 6.03. The number of aromatic nitrogens is 1. The van der Waals surface area contributed by atoms with Crippen molar-refractivity contribution in [1.29, 1.82) is 0 Å². The second-order valence-corrected chi connectivity index (χ2v) is 7.68. The highest BCUT2D eigenvalue weighted by Gasteiger charge is 2.19. The zero-order valence-electron chi connectivity index (χ0n) is 15.5. The average Bonchev–Trinajstić information content (AvgIpc) is 3.29. The van der Waals surface area contributed by atoms with Crippen LogP contribution in [-0.2, 0) is 12.8 Å². The summed E-state index contributed by atoms with van der Waals surface area (Å²) in [5, 5.41) is 0. The molecular formula is C27H19N. The van der Waals surface area contributed by atoms with Crippen LogP contribution in [0.3, 0.4) is 0 Å². The van der Waals surface area contributed by atoms with Gasteiger partial charge in [-0.25, -0.2) is 0 Å². The number of benzene rings is 3. The summed E-state index contributed by atoms with van der Waals surface area (Å²) in [7, 11) is 0. The molecule has 1 heteroatoms. The topological polar surface area (TPSA) is 12.9 Å². The van der Waals surface area contributed by atoms with Crippen molar-refractivity contribution in [2.45, 2.75) is 12.8 Å². The first-order chi connectivity index (χ1) is 13.8. The third-order valence-corrected chi connectivity index (χ3v) is 5.96. The summed E-state index contributed by atoms with van der Waals surface area (Å²) in [5.41, 5.74) is 13.3. The Morgan fingerprint density at radius 1 is 0.571 bits per heavy atom. The van der Waals surface area contributed by atoms with Gasteiger partial charge in [-0.15, -0.1) is 0 Å². The van der Waals surface area contributed by atoms with E-state index in [9.17, 15) is 0 Å². The highest BCUT2D eigenvalue weighted by atomic mass is 14.7. The molecule has 28 heavy (non-hydrogen) atoms. The number of fused-ring (bicyclic) bond motifs is 6. The minimum absolute atomic E-state index is 0.994. The summed E-state index contributed by atoms with van der Waals surface area (Å²) in [6.45, 7) is 0. The highest BCUT2D eigenvalue weighted by molar-refractivity contribution is 5.81. The minimum Gasteiger partial charge on any atom is -0.257 e. The van der Waals surface area contributed by atoms with Gasteiger partial charge in [0.25, 0.3) is 0 Å². The third kappa shape index (κ3) is 2.44. The Morgan fingerprint density at radius 2 is 1.25 bits per heavy atom. The zero-order chi connectivity index (χ0) is 18.5. The van der Waals surface area contributed by atoms with Crippen molar-refractivity contribution >= 4 is 12.2 Å². The van der Waals surface area contributed by atoms with Crippen LogP contribution in [0.2, 0.25) is 0 Å². The smallest absolute Gasteiger partial charge is 0.0636 e. The number of rotatable bonds is 2. The summed E-state index contributed by atoms with van der Waals surface area (Å²) < 4.78 is 0. The number of pyridine rings is 1. The average molecular weight is 357 g/mol. The zero-order valence-corrected chi connectivity index (χ0v) is 15.5. The number of nitrogens with zero attached hydrogens (tertiary/aromatic N) is 1. The van der Waals surface area contributed by atoms with Crippen LogP contribution in [0.15, 0.2) is 79.0 Å². The van der Waals surface area contributed by atoms with E-state index in [1.807, 2.05) is 6.20 Å². The summed E-state index contributed by atoms with van der Waals surface area (Å²) in [5.74, 6) is 0. The lowest BCUT2D eigenvalue weighted by atomic mass is 10.0. The van der Waals surface area contributed by atoms with Gasteiger partial charge in [-0.3, -0.25) is 4.98 Å². The third-order valence-electron chi connectivity index (χ3n) is 5.96. The predicted octanol–water partition coefficient (Wildman–Crippen LogP) is 6.39. The molecule has 0 bridgehead atoms. The molecule has 0 atom stereocenters. The minimum atomic E-state index is 0.994. The maximum atomic E-state index is 4.67. The van der Waals surface area contributed by atoms with Crippen molar-refractivity contribution in [3.63, 3.8) is 0 Å². The van der Waals surface area contributed by atoms with Crippen LogP contribution in [0, 0.1) is 0 Å². The molecule has 6 rings (SSSR count). The Bertz CT molecular complexity index is 1260. The van der Waals surface area contributed by atoms with Crippen molar-refractivity contribution < 1.29 is 0 Å². The van der Waals surface area contributed by atoms with Crippen LogP contribution in [0.5, 0.6) is 0 Å². The molecule has 0 N–H and O–H groups in total. The molecule has 0 radical (unpaired) electrons. The second-order valence-electron chi connectivity index (χ2n) is 7.68. The monoisotopic (exact) mass is 357 g/mol. The molecule has 0 saturated carbocycles. The Balaban J connectivity index is 1.31. The standard InChI is InChI=1S/C27H19N/c1-3-7-24-19(5-1)14-21-13-18(10-12-26(21)24)9-11-23-16-27-22(17-28-23)15-20-6-2-4-8-25(20)27/h1-13,16-17H,14-15H2. The number of hydrogen-bond acceptors (Lipinski definition) is 1. The van der Waals surface area contributed by atoms with Crippen molar-refractivity contribution in [2.75, 3.05) is 0 Å². The maximum Gasteiger partial charge on any atom is 0.0636 e. The van der Waals surface area contributed by atoms with Crippen LogP contribution in [-0.4, -0.2) is 4.98 Å². The molecule has 0 unspecified atom stereocenters. The molecule has 3 aromatic carbocycles. The lowest BCUT2D eigenvalue weighted by Gasteiger charge is -2.03. The summed E-state index contributed by atoms with van der Waals surface area (Å²) >= 11 is 0. The molecule has 1 nitrogen and oxygen atoms in total. The van der Waals surface area contributed by atoms with Crippen LogP contribution in [0.4, 0.5) is 0 Å². The SMILES string of the molecule is C(=Cc1cc2c(cn1)Cc1ccccc1-2)c1ccc2c(c1)Cc1ccccc1-2. The first kappa shape index (κ1) is 15.6. The van der Waals surface area contributed by atoms with Gasteiger partial charge in [0.05, 0.1) is 5.69 Å². The lowest BCUT2D eigenvalue weighted by molar-refractivity contribution is 1.19. The van der Waals surface area contributed by atoms with Gasteiger partial charge >= 0.3 is 0 Å². The molecule has 0 amide bonds. The Morgan fingerprint density at radius 3 is 2.07 bits per heavy atom. The molecule has 132 valence electrons. The largest absolute Gasteiger partial charge is 0.257 e. The summed E-state index contributed by atoms with van der Waals surface area (Å²) in [4.78, 5) is 4.67. The van der Waals surface area contributed by atoms with E-state index >= 15 is 0 Å². The lowest BCUT2D eigenvalue weighted by Crippen LogP contribution is -1.86. The molecule has 1 aromatic heterocycles. The van der Waals surface area contributed by atoms with Gasteiger partial charge in [-0.2, -0.15) is 0 Å². The van der Waals surface area contributed by atoms with Gasteiger partial charge in [0.1, 0.15) is 0 Å². The van der Waals surface area contributed by atoms with Gasteiger partial charge in [0, 0.05) is 12.6 Å². The number of hydrogen-bond donors (Lipinski definition) is 0. The molecular weight excluding hydrogens is 338 g/mol. The molecule has 0 fully saturated rings. The maximum absolute atomic E-state index is 4.67. The van der Waals surface area contributed by atoms with Crippen molar-refractivity contribution in [3.8, 4) is 22.3 Å². The van der Waals surface area contributed by atoms with Gasteiger partial charge in [-0.1, -0.05) is 72.8 Å². The van der Waals surface area contributed by atoms with Crippen LogP contribution < -0.4 is 0 Å². The van der Waals surface area contributed by atoms with E-state index < -0.39 is 0 Å². The first-order valence-corrected chi connectivity index (χ1v) is 9.82. The van der Waals surface area contributed by atoms with Crippen LogP contribution >= 0.6 is 0 Å². The van der Waals surface area contributed by atoms with E-state index in [0.29, 0.717) is 0 Å². The normalized spacial score (nSPS) is 13.3. The fourth-order valence-electron chi connectivity index (χ4n) is 4.58. The van der Waals surface area contributed by atoms with Gasteiger partial charge in [-0.05, 0) is 68.6 Å². The van der Waals surface area contributed by atoms with Crippen molar-refractivity contribution in [2.24, 2.45) is 0 Å². The van der Waals surface area contributed by atoms with Crippen molar-refractivity contribution in [1.82, 2.24) is 4.98 Å². The van der Waals surface area contributed by atoms with Gasteiger partial charge in [0.15, 0.2) is 0 Å². The van der Waals surface area contributed by atoms with Crippen LogP contribution in [0.25, 0.3) is 34.4 Å². The van der Waals surface area contributed by atoms with E-state index in [1.54, 1.807) is 0 Å². The van der Waals surface area contributed by atoms with Crippen LogP contribution in [0.1, 0.15) is 33.5 Å². The van der Waals surface area contributed by atoms with Crippen molar-refractivity contribution in [3.05, 3.63) is 113 Å². The van der Waals surface area contributed by atoms with Gasteiger partial charge in [0.2, 0.25) is 0 Å². The Kier molecular flexibility index (Phi) is 3.36. The van der Waals surface area contributed by atoms with E-state index in [1.165, 1.54) is 50.1 Å². The molecule has 2 aliphatic rings. The molecule has 4 aromatic rings. The molecule has 0 spiro atoms.